The number of hydrogen-bond acceptors (Lipinski definition) is 12. The Hall–Kier alpha value is -7.11. The predicted molar refractivity (Wildman–Crippen MR) is 305 cm³/mol. The summed E-state index contributed by atoms with van der Waals surface area (Å²) < 4.78 is 27.0. The van der Waals surface area contributed by atoms with E-state index in [-0.39, 0.29) is 74.0 Å². The lowest BCUT2D eigenvalue weighted by Crippen LogP contribution is -2.49. The number of nitrogens with zero attached hydrogens (tertiary/aromatic N) is 6. The predicted octanol–water partition coefficient (Wildman–Crippen LogP) is 10.7. The molecular weight excluding hydrogens is 963 g/mol. The Balaban J connectivity index is 0.000000398. The lowest BCUT2D eigenvalue weighted by molar-refractivity contribution is -0.135. The number of amides is 3. The number of carbonyl (C=O) groups excluding carboxylic acids is 3. The maximum absolute atomic E-state index is 13.6. The van der Waals surface area contributed by atoms with Gasteiger partial charge in [-0.2, -0.15) is 9.97 Å². The fourth-order valence-corrected chi connectivity index (χ4v) is 8.18. The quantitative estimate of drug-likeness (QED) is 0.0387. The van der Waals surface area contributed by atoms with Crippen molar-refractivity contribution in [3.63, 3.8) is 0 Å². The molecule has 4 aromatic rings. The Morgan fingerprint density at radius 1 is 0.711 bits per heavy atom. The van der Waals surface area contributed by atoms with Crippen molar-refractivity contribution in [1.29, 1.82) is 0 Å². The molecule has 76 heavy (non-hydrogen) atoms. The van der Waals surface area contributed by atoms with E-state index in [4.69, 9.17) is 0 Å². The van der Waals surface area contributed by atoms with Gasteiger partial charge in [-0.1, -0.05) is 97.3 Å². The minimum atomic E-state index is -0.582. The van der Waals surface area contributed by atoms with E-state index >= 15 is 0 Å². The van der Waals surface area contributed by atoms with Crippen LogP contribution in [0.3, 0.4) is 0 Å². The van der Waals surface area contributed by atoms with Gasteiger partial charge < -0.3 is 41.7 Å². The molecule has 2 aromatic heterocycles. The van der Waals surface area contributed by atoms with Crippen LogP contribution >= 0.6 is 0 Å². The van der Waals surface area contributed by atoms with Crippen LogP contribution in [0.15, 0.2) is 73.1 Å². The van der Waals surface area contributed by atoms with Crippen LogP contribution in [-0.2, 0) is 14.4 Å². The summed E-state index contributed by atoms with van der Waals surface area (Å²) in [6, 6.07) is 11.9. The van der Waals surface area contributed by atoms with Crippen LogP contribution < -0.4 is 31.9 Å². The van der Waals surface area contributed by atoms with E-state index in [1.54, 1.807) is 56.7 Å². The van der Waals surface area contributed by atoms with E-state index in [1.165, 1.54) is 35.2 Å². The van der Waals surface area contributed by atoms with Gasteiger partial charge in [-0.3, -0.25) is 14.4 Å². The first-order chi connectivity index (χ1) is 35.6. The molecule has 15 nitrogen and oxygen atoms in total. The van der Waals surface area contributed by atoms with E-state index in [0.29, 0.717) is 47.0 Å². The van der Waals surface area contributed by atoms with Crippen LogP contribution in [0.5, 0.6) is 0 Å². The van der Waals surface area contributed by atoms with Gasteiger partial charge in [-0.15, -0.1) is 0 Å². The monoisotopic (exact) mass is 1050 g/mol. The second-order valence-electron chi connectivity index (χ2n) is 19.3. The van der Waals surface area contributed by atoms with E-state index in [1.807, 2.05) is 32.8 Å². The van der Waals surface area contributed by atoms with Crippen molar-refractivity contribution >= 4 is 52.6 Å². The van der Waals surface area contributed by atoms with Gasteiger partial charge >= 0.3 is 0 Å². The van der Waals surface area contributed by atoms with Crippen LogP contribution in [0.4, 0.5) is 43.7 Å². The van der Waals surface area contributed by atoms with Crippen molar-refractivity contribution in [2.24, 2.45) is 17.8 Å². The third kappa shape index (κ3) is 21.3. The van der Waals surface area contributed by atoms with Gasteiger partial charge in [0.25, 0.3) is 0 Å². The smallest absolute Gasteiger partial charge is 0.246 e. The number of likely N-dealkylation sites (N-methyl/N-ethyl adjacent to an activating group) is 2. The van der Waals surface area contributed by atoms with Gasteiger partial charge in [-0.05, 0) is 115 Å². The number of aromatic nitrogens is 4. The zero-order valence-electron chi connectivity index (χ0n) is 44.5. The minimum absolute atomic E-state index is 0. The highest BCUT2D eigenvalue weighted by molar-refractivity contribution is 5.92. The second kappa shape index (κ2) is 33.0. The van der Waals surface area contributed by atoms with Crippen LogP contribution in [0.25, 0.3) is 0 Å². The van der Waals surface area contributed by atoms with Crippen LogP contribution in [0.2, 0.25) is 0 Å². The summed E-state index contributed by atoms with van der Waals surface area (Å²) in [6.07, 6.45) is 16.9. The maximum Gasteiger partial charge on any atom is 0.246 e. The molecule has 0 saturated heterocycles. The Morgan fingerprint density at radius 3 is 1.62 bits per heavy atom. The number of nitrogens with one attached hydrogen (secondary N) is 6. The number of carbonyl (C=O) groups is 3. The molecule has 0 aliphatic heterocycles. The number of halogens is 2. The summed E-state index contributed by atoms with van der Waals surface area (Å²) >= 11 is 0. The van der Waals surface area contributed by atoms with Crippen molar-refractivity contribution < 1.29 is 23.2 Å². The van der Waals surface area contributed by atoms with Crippen molar-refractivity contribution in [3.05, 3.63) is 95.8 Å². The van der Waals surface area contributed by atoms with Gasteiger partial charge in [0, 0.05) is 74.0 Å². The number of rotatable bonds is 19. The summed E-state index contributed by atoms with van der Waals surface area (Å²) in [6.45, 7) is 12.0. The molecule has 2 aliphatic rings. The van der Waals surface area contributed by atoms with Crippen molar-refractivity contribution in [1.82, 2.24) is 40.4 Å². The second-order valence-corrected chi connectivity index (χ2v) is 19.3. The van der Waals surface area contributed by atoms with Crippen molar-refractivity contribution in [2.45, 2.75) is 138 Å². The fourth-order valence-electron chi connectivity index (χ4n) is 8.18. The summed E-state index contributed by atoms with van der Waals surface area (Å²) in [7, 11) is 5.50. The summed E-state index contributed by atoms with van der Waals surface area (Å²) in [4.78, 5) is 58.9. The molecule has 17 heteroatoms. The largest absolute Gasteiger partial charge is 0.369 e. The molecule has 412 valence electrons. The normalized spacial score (nSPS) is 17.5. The molecule has 6 atom stereocenters. The zero-order valence-corrected chi connectivity index (χ0v) is 44.5. The van der Waals surface area contributed by atoms with Crippen LogP contribution in [0.1, 0.15) is 131 Å². The molecule has 2 saturated carbocycles. The van der Waals surface area contributed by atoms with Gasteiger partial charge in [0.1, 0.15) is 29.3 Å². The first-order valence-corrected chi connectivity index (χ1v) is 26.1. The van der Waals surface area contributed by atoms with Gasteiger partial charge in [-0.25, -0.2) is 18.7 Å². The Labute approximate surface area is 452 Å². The Morgan fingerprint density at radius 2 is 1.18 bits per heavy atom. The molecule has 2 aromatic carbocycles. The topological polar surface area (TPSA) is 181 Å². The average molecular weight is 1050 g/mol. The molecule has 6 N–H and O–H groups in total. The summed E-state index contributed by atoms with van der Waals surface area (Å²) in [5.74, 6) is 14.8. The molecular formula is C59H84F2N12O3. The Bertz CT molecular complexity index is 2620. The molecule has 3 amide bonds. The van der Waals surface area contributed by atoms with Gasteiger partial charge in [0.2, 0.25) is 29.6 Å². The van der Waals surface area contributed by atoms with E-state index in [9.17, 15) is 23.2 Å². The first kappa shape index (κ1) is 63.2. The molecule has 2 aliphatic carbocycles. The summed E-state index contributed by atoms with van der Waals surface area (Å²) in [5.41, 5.74) is 2.57. The molecule has 0 unspecified atom stereocenters. The lowest BCUT2D eigenvalue weighted by atomic mass is 9.85. The summed E-state index contributed by atoms with van der Waals surface area (Å²) in [5, 5.41) is 19.0. The van der Waals surface area contributed by atoms with Gasteiger partial charge in [0.05, 0.1) is 23.5 Å². The van der Waals surface area contributed by atoms with Crippen molar-refractivity contribution in [2.75, 3.05) is 62.0 Å². The average Bonchev–Trinajstić information content (AvgIpc) is 3.38. The molecule has 0 bridgehead atoms. The fraction of sp³-hybridized carbons (Fsp3) is 0.508. The molecule has 0 spiro atoms. The van der Waals surface area contributed by atoms with E-state index in [2.05, 4.69) is 89.4 Å². The SMILES string of the molecule is C.C.CCCNc1nc(Nc2cccc(F)c2)ncc1C#C[C@H]1CCC[C@H](NC(=O)[C@H](C)CC)C1.CCCNc1nc(Nc2cccc(F)c2)ncc1C#C[C@H]1CCC[C@H](NC(=O)[C@H](C)N(C)C(=O)/C=C/CN(C)C)C1. The number of benzene rings is 2. The molecule has 0 radical (unpaired) electrons. The third-order valence-corrected chi connectivity index (χ3v) is 12.8. The molecule has 2 fully saturated rings. The van der Waals surface area contributed by atoms with Crippen molar-refractivity contribution in [3.8, 4) is 23.7 Å². The molecule has 6 rings (SSSR count). The standard InChI is InChI=1S/C31H42FN7O2.C26H34FN5O.2CH4/c1-6-17-33-29-24(21-34-31(37-29)36-27-13-8-11-25(32)20-27)16-15-23-10-7-12-26(19-23)35-30(41)22(2)39(5)28(40)14-9-18-38(3)4;1-4-14-28-24-20(17-29-26(32-24)31-23-11-7-9-21(27)16-23)13-12-19-8-6-10-22(15-19)30-25(33)18(3)5-2;;/h8-9,11,13-14,20-23,26H,6-7,10,12,17-19H2,1-5H3,(H,35,41)(H2,33,34,36,37);7,9,11,16-19,22H,4-6,8,10,14-15H2,1-3H3,(H,30,33)(H2,28,29,31,32);2*1H4/b14-9+;;;/t22-,23+,26-;18-,19-,22+;;/m01../s1. The van der Waals surface area contributed by atoms with Crippen LogP contribution in [0, 0.1) is 53.1 Å². The lowest BCUT2D eigenvalue weighted by Gasteiger charge is -2.30. The Kier molecular flexibility index (Phi) is 27.5. The zero-order chi connectivity index (χ0) is 53.4. The van der Waals surface area contributed by atoms with E-state index in [0.717, 1.165) is 89.3 Å². The number of anilines is 6. The van der Waals surface area contributed by atoms with Crippen LogP contribution in [-0.4, -0.2) is 106 Å². The number of hydrogen-bond donors (Lipinski definition) is 6. The molecule has 2 heterocycles. The highest BCUT2D eigenvalue weighted by Gasteiger charge is 2.27. The first-order valence-electron chi connectivity index (χ1n) is 26.1. The third-order valence-electron chi connectivity index (χ3n) is 12.8. The maximum atomic E-state index is 13.6. The highest BCUT2D eigenvalue weighted by Crippen LogP contribution is 2.27. The highest BCUT2D eigenvalue weighted by atomic mass is 19.1. The van der Waals surface area contributed by atoms with E-state index < -0.39 is 6.04 Å². The minimum Gasteiger partial charge on any atom is -0.369 e. The van der Waals surface area contributed by atoms with Gasteiger partial charge in [0.15, 0.2) is 0 Å².